The van der Waals surface area contributed by atoms with Gasteiger partial charge in [0.15, 0.2) is 0 Å². The average molecular weight is 257 g/mol. The molecule has 5 nitrogen and oxygen atoms in total. The fourth-order valence-corrected chi connectivity index (χ4v) is 1.71. The second-order valence-corrected chi connectivity index (χ2v) is 5.78. The summed E-state index contributed by atoms with van der Waals surface area (Å²) in [6, 6.07) is 0. The first-order chi connectivity index (χ1) is 8.31. The van der Waals surface area contributed by atoms with Crippen molar-refractivity contribution in [3.05, 3.63) is 0 Å². The molecule has 1 atom stereocenters. The number of ether oxygens (including phenoxy) is 2. The smallest absolute Gasteiger partial charge is 0.407 e. The molecule has 18 heavy (non-hydrogen) atoms. The molecule has 1 aliphatic carbocycles. The van der Waals surface area contributed by atoms with E-state index in [4.69, 9.17) is 9.47 Å². The molecule has 0 bridgehead atoms. The molecule has 0 aromatic carbocycles. The Balaban J connectivity index is 2.36. The predicted octanol–water partition coefficient (Wildman–Crippen LogP) is 2.10. The molecule has 0 heterocycles. The topological polar surface area (TPSA) is 64.6 Å². The highest BCUT2D eigenvalue weighted by atomic mass is 16.6. The summed E-state index contributed by atoms with van der Waals surface area (Å²) < 4.78 is 9.86. The minimum Gasteiger partial charge on any atom is -0.469 e. The minimum absolute atomic E-state index is 0.266. The van der Waals surface area contributed by atoms with E-state index in [-0.39, 0.29) is 18.4 Å². The summed E-state index contributed by atoms with van der Waals surface area (Å²) in [6.07, 6.45) is 2.62. The Morgan fingerprint density at radius 3 is 2.39 bits per heavy atom. The van der Waals surface area contributed by atoms with Crippen LogP contribution in [0.4, 0.5) is 4.79 Å². The zero-order valence-electron chi connectivity index (χ0n) is 11.6. The van der Waals surface area contributed by atoms with Crippen LogP contribution < -0.4 is 5.32 Å². The average Bonchev–Trinajstić information content (AvgIpc) is 3.04. The van der Waals surface area contributed by atoms with Crippen molar-refractivity contribution in [3.63, 3.8) is 0 Å². The lowest BCUT2D eigenvalue weighted by atomic mass is 10.0. The van der Waals surface area contributed by atoms with Crippen molar-refractivity contribution in [2.75, 3.05) is 13.7 Å². The first-order valence-electron chi connectivity index (χ1n) is 6.36. The molecule has 1 aliphatic rings. The molecular weight excluding hydrogens is 234 g/mol. The Bertz CT molecular complexity index is 305. The van der Waals surface area contributed by atoms with Gasteiger partial charge in [-0.05, 0) is 33.1 Å². The van der Waals surface area contributed by atoms with Crippen molar-refractivity contribution >= 4 is 12.1 Å². The molecule has 0 unspecified atom stereocenters. The van der Waals surface area contributed by atoms with Gasteiger partial charge in [0.25, 0.3) is 0 Å². The first-order valence-corrected chi connectivity index (χ1v) is 6.36. The van der Waals surface area contributed by atoms with Crippen LogP contribution in [0.25, 0.3) is 0 Å². The maximum Gasteiger partial charge on any atom is 0.407 e. The van der Waals surface area contributed by atoms with E-state index in [1.165, 1.54) is 20.0 Å². The SMILES string of the molecule is COC(=O)[C@@H](CNC(=O)OC(C)(C)C)CC1CC1. The van der Waals surface area contributed by atoms with E-state index in [2.05, 4.69) is 5.32 Å². The highest BCUT2D eigenvalue weighted by Gasteiger charge is 2.30. The summed E-state index contributed by atoms with van der Waals surface area (Å²) in [7, 11) is 1.37. The largest absolute Gasteiger partial charge is 0.469 e. The maximum absolute atomic E-state index is 11.6. The van der Waals surface area contributed by atoms with Crippen LogP contribution in [0.5, 0.6) is 0 Å². The molecule has 5 heteroatoms. The highest BCUT2D eigenvalue weighted by molar-refractivity contribution is 5.74. The number of hydrogen-bond acceptors (Lipinski definition) is 4. The number of alkyl carbamates (subject to hydrolysis) is 1. The standard InChI is InChI=1S/C13H23NO4/c1-13(2,3)18-12(16)14-8-10(11(15)17-4)7-9-5-6-9/h9-10H,5-8H2,1-4H3,(H,14,16)/t10-/m1/s1. The van der Waals surface area contributed by atoms with Crippen LogP contribution in [0.3, 0.4) is 0 Å². The normalized spacial score (nSPS) is 16.9. The third kappa shape index (κ3) is 5.89. The Labute approximate surface area is 108 Å². The summed E-state index contributed by atoms with van der Waals surface area (Å²) >= 11 is 0. The van der Waals surface area contributed by atoms with Gasteiger partial charge in [0, 0.05) is 6.54 Å². The molecule has 1 rings (SSSR count). The second kappa shape index (κ2) is 6.07. The summed E-state index contributed by atoms with van der Waals surface area (Å²) in [5.74, 6) is 0.0718. The number of methoxy groups -OCH3 is 1. The van der Waals surface area contributed by atoms with Gasteiger partial charge in [-0.2, -0.15) is 0 Å². The van der Waals surface area contributed by atoms with Gasteiger partial charge in [-0.25, -0.2) is 4.79 Å². The molecule has 1 N–H and O–H groups in total. The lowest BCUT2D eigenvalue weighted by Gasteiger charge is -2.21. The molecule has 0 aromatic heterocycles. The van der Waals surface area contributed by atoms with Crippen LogP contribution >= 0.6 is 0 Å². The van der Waals surface area contributed by atoms with Gasteiger partial charge in [-0.15, -0.1) is 0 Å². The van der Waals surface area contributed by atoms with Crippen LogP contribution in [0.15, 0.2) is 0 Å². The van der Waals surface area contributed by atoms with Gasteiger partial charge in [0.2, 0.25) is 0 Å². The van der Waals surface area contributed by atoms with Gasteiger partial charge in [-0.1, -0.05) is 12.8 Å². The zero-order chi connectivity index (χ0) is 13.8. The fraction of sp³-hybridized carbons (Fsp3) is 0.846. The molecule has 0 saturated heterocycles. The number of nitrogens with one attached hydrogen (secondary N) is 1. The summed E-state index contributed by atoms with van der Waals surface area (Å²) in [4.78, 5) is 23.0. The van der Waals surface area contributed by atoms with Crippen molar-refractivity contribution in [2.24, 2.45) is 11.8 Å². The molecule has 1 saturated carbocycles. The van der Waals surface area contributed by atoms with E-state index in [0.29, 0.717) is 5.92 Å². The number of esters is 1. The van der Waals surface area contributed by atoms with Crippen molar-refractivity contribution in [2.45, 2.75) is 45.6 Å². The van der Waals surface area contributed by atoms with Gasteiger partial charge in [-0.3, -0.25) is 4.79 Å². The van der Waals surface area contributed by atoms with E-state index in [1.807, 2.05) is 0 Å². The van der Waals surface area contributed by atoms with E-state index >= 15 is 0 Å². The van der Waals surface area contributed by atoms with E-state index in [0.717, 1.165) is 6.42 Å². The van der Waals surface area contributed by atoms with Gasteiger partial charge < -0.3 is 14.8 Å². The Morgan fingerprint density at radius 2 is 1.94 bits per heavy atom. The highest BCUT2D eigenvalue weighted by Crippen LogP contribution is 2.35. The minimum atomic E-state index is -0.526. The number of carbonyl (C=O) groups excluding carboxylic acids is 2. The Morgan fingerprint density at radius 1 is 1.33 bits per heavy atom. The quantitative estimate of drug-likeness (QED) is 0.766. The third-order valence-electron chi connectivity index (χ3n) is 2.74. The Hall–Kier alpha value is -1.26. The predicted molar refractivity (Wildman–Crippen MR) is 67.1 cm³/mol. The summed E-state index contributed by atoms with van der Waals surface area (Å²) in [5, 5.41) is 2.63. The monoisotopic (exact) mass is 257 g/mol. The number of amides is 1. The second-order valence-electron chi connectivity index (χ2n) is 5.78. The first kappa shape index (κ1) is 14.8. The third-order valence-corrected chi connectivity index (χ3v) is 2.74. The summed E-state index contributed by atoms with van der Waals surface area (Å²) in [5.41, 5.74) is -0.526. The molecule has 0 spiro atoms. The number of carbonyl (C=O) groups is 2. The van der Waals surface area contributed by atoms with E-state index in [1.54, 1.807) is 20.8 Å². The van der Waals surface area contributed by atoms with Crippen LogP contribution in [-0.4, -0.2) is 31.3 Å². The van der Waals surface area contributed by atoms with Crippen LogP contribution in [0, 0.1) is 11.8 Å². The van der Waals surface area contributed by atoms with Gasteiger partial charge in [0.05, 0.1) is 13.0 Å². The van der Waals surface area contributed by atoms with Crippen LogP contribution in [0.1, 0.15) is 40.0 Å². The molecule has 0 aromatic rings. The molecule has 1 fully saturated rings. The van der Waals surface area contributed by atoms with Crippen molar-refractivity contribution in [3.8, 4) is 0 Å². The van der Waals surface area contributed by atoms with E-state index in [9.17, 15) is 9.59 Å². The number of hydrogen-bond donors (Lipinski definition) is 1. The van der Waals surface area contributed by atoms with Crippen molar-refractivity contribution < 1.29 is 19.1 Å². The molecular formula is C13H23NO4. The molecule has 0 radical (unpaired) electrons. The molecule has 1 amide bonds. The Kier molecular flexibility index (Phi) is 4.99. The number of rotatable bonds is 5. The van der Waals surface area contributed by atoms with E-state index < -0.39 is 11.7 Å². The molecule has 0 aliphatic heterocycles. The fourth-order valence-electron chi connectivity index (χ4n) is 1.71. The molecule has 104 valence electrons. The van der Waals surface area contributed by atoms with Gasteiger partial charge >= 0.3 is 12.1 Å². The van der Waals surface area contributed by atoms with Crippen molar-refractivity contribution in [1.82, 2.24) is 5.32 Å². The maximum atomic E-state index is 11.6. The summed E-state index contributed by atoms with van der Waals surface area (Å²) in [6.45, 7) is 5.68. The van der Waals surface area contributed by atoms with Gasteiger partial charge in [0.1, 0.15) is 5.60 Å². The van der Waals surface area contributed by atoms with Crippen LogP contribution in [-0.2, 0) is 14.3 Å². The van der Waals surface area contributed by atoms with Crippen molar-refractivity contribution in [1.29, 1.82) is 0 Å². The lowest BCUT2D eigenvalue weighted by molar-refractivity contribution is -0.145. The lowest BCUT2D eigenvalue weighted by Crippen LogP contribution is -2.37. The zero-order valence-corrected chi connectivity index (χ0v) is 11.6. The van der Waals surface area contributed by atoms with Crippen LogP contribution in [0.2, 0.25) is 0 Å².